The van der Waals surface area contributed by atoms with Crippen LogP contribution in [0.25, 0.3) is 5.69 Å². The van der Waals surface area contributed by atoms with Gasteiger partial charge in [-0.05, 0) is 57.3 Å². The number of carbonyl (C=O) groups is 1. The van der Waals surface area contributed by atoms with Gasteiger partial charge in [0.05, 0.1) is 17.1 Å². The molecule has 7 heteroatoms. The Hall–Kier alpha value is -3.19. The third kappa shape index (κ3) is 4.14. The molecule has 0 bridgehead atoms. The summed E-state index contributed by atoms with van der Waals surface area (Å²) in [7, 11) is 2.12. The summed E-state index contributed by atoms with van der Waals surface area (Å²) < 4.78 is 2.00. The zero-order chi connectivity index (χ0) is 20.4. The largest absolute Gasteiger partial charge is 0.338 e. The van der Waals surface area contributed by atoms with Crippen LogP contribution < -0.4 is 10.2 Å². The summed E-state index contributed by atoms with van der Waals surface area (Å²) in [4.78, 5) is 26.6. The molecule has 1 fully saturated rings. The normalized spacial score (nSPS) is 14.8. The van der Waals surface area contributed by atoms with Crippen molar-refractivity contribution >= 4 is 17.5 Å². The molecule has 29 heavy (non-hydrogen) atoms. The Labute approximate surface area is 171 Å². The van der Waals surface area contributed by atoms with Crippen molar-refractivity contribution in [2.75, 3.05) is 43.4 Å². The molecule has 2 aromatic heterocycles. The second kappa shape index (κ2) is 8.05. The Morgan fingerprint density at radius 3 is 2.10 bits per heavy atom. The van der Waals surface area contributed by atoms with Gasteiger partial charge in [-0.1, -0.05) is 0 Å². The number of hydrogen-bond donors (Lipinski definition) is 1. The number of piperazine rings is 1. The number of aryl methyl sites for hydroxylation is 2. The number of amides is 1. The van der Waals surface area contributed by atoms with E-state index in [1.165, 1.54) is 0 Å². The second-order valence-corrected chi connectivity index (χ2v) is 7.45. The lowest BCUT2D eigenvalue weighted by Crippen LogP contribution is -2.45. The third-order valence-electron chi connectivity index (χ3n) is 5.32. The molecule has 0 aliphatic carbocycles. The maximum absolute atomic E-state index is 12.7. The predicted molar refractivity (Wildman–Crippen MR) is 115 cm³/mol. The molecular formula is C22H26N6O. The molecule has 0 radical (unpaired) electrons. The van der Waals surface area contributed by atoms with Gasteiger partial charge in [0, 0.05) is 49.8 Å². The van der Waals surface area contributed by atoms with Crippen LogP contribution in [0.5, 0.6) is 0 Å². The first-order chi connectivity index (χ1) is 14.0. The van der Waals surface area contributed by atoms with Crippen LogP contribution in [0.2, 0.25) is 0 Å². The van der Waals surface area contributed by atoms with Crippen molar-refractivity contribution in [1.29, 1.82) is 0 Å². The maximum atomic E-state index is 12.7. The number of nitrogens with one attached hydrogen (secondary N) is 1. The number of hydrogen-bond acceptors (Lipinski definition) is 5. The van der Waals surface area contributed by atoms with Crippen molar-refractivity contribution in [2.24, 2.45) is 0 Å². The molecule has 1 aliphatic heterocycles. The first-order valence-electron chi connectivity index (χ1n) is 9.85. The van der Waals surface area contributed by atoms with Crippen LogP contribution in [0.1, 0.15) is 21.7 Å². The van der Waals surface area contributed by atoms with Gasteiger partial charge < -0.3 is 19.7 Å². The van der Waals surface area contributed by atoms with Crippen molar-refractivity contribution in [3.63, 3.8) is 0 Å². The average molecular weight is 390 g/mol. The molecule has 1 aromatic carbocycles. The van der Waals surface area contributed by atoms with Gasteiger partial charge in [0.15, 0.2) is 0 Å². The molecule has 0 spiro atoms. The standard InChI is InChI=1S/C22H26N6O/c1-16-20(17(2)24-22(23-16)28-14-12-26(3)13-15-28)25-21(29)18-6-8-19(9-7-18)27-10-4-5-11-27/h4-11H,12-15H2,1-3H3,(H,25,29). The van der Waals surface area contributed by atoms with Gasteiger partial charge in [-0.2, -0.15) is 0 Å². The predicted octanol–water partition coefficient (Wildman–Crippen LogP) is 2.89. The topological polar surface area (TPSA) is 66.3 Å². The van der Waals surface area contributed by atoms with Gasteiger partial charge in [-0.25, -0.2) is 9.97 Å². The van der Waals surface area contributed by atoms with E-state index >= 15 is 0 Å². The Morgan fingerprint density at radius 2 is 1.52 bits per heavy atom. The minimum Gasteiger partial charge on any atom is -0.338 e. The highest BCUT2D eigenvalue weighted by molar-refractivity contribution is 6.04. The SMILES string of the molecule is Cc1nc(N2CCN(C)CC2)nc(C)c1NC(=O)c1ccc(-n2cccc2)cc1. The molecule has 0 unspecified atom stereocenters. The van der Waals surface area contributed by atoms with E-state index in [9.17, 15) is 4.79 Å². The molecule has 1 N–H and O–H groups in total. The lowest BCUT2D eigenvalue weighted by molar-refractivity contribution is 0.102. The van der Waals surface area contributed by atoms with E-state index in [2.05, 4.69) is 32.1 Å². The van der Waals surface area contributed by atoms with Crippen LogP contribution in [0.4, 0.5) is 11.6 Å². The van der Waals surface area contributed by atoms with Crippen molar-refractivity contribution in [3.05, 3.63) is 65.7 Å². The minimum atomic E-state index is -0.161. The molecule has 3 aromatic rings. The fraction of sp³-hybridized carbons (Fsp3) is 0.318. The summed E-state index contributed by atoms with van der Waals surface area (Å²) in [5, 5.41) is 2.99. The Balaban J connectivity index is 1.49. The second-order valence-electron chi connectivity index (χ2n) is 7.45. The number of rotatable bonds is 4. The van der Waals surface area contributed by atoms with E-state index in [1.54, 1.807) is 0 Å². The monoisotopic (exact) mass is 390 g/mol. The summed E-state index contributed by atoms with van der Waals surface area (Å²) in [6, 6.07) is 11.5. The zero-order valence-electron chi connectivity index (χ0n) is 17.1. The molecule has 3 heterocycles. The van der Waals surface area contributed by atoms with Crippen LogP contribution in [0, 0.1) is 13.8 Å². The lowest BCUT2D eigenvalue weighted by Gasteiger charge is -2.32. The summed E-state index contributed by atoms with van der Waals surface area (Å²) in [5.74, 6) is 0.577. The van der Waals surface area contributed by atoms with E-state index in [0.717, 1.165) is 49.2 Å². The van der Waals surface area contributed by atoms with E-state index in [-0.39, 0.29) is 5.91 Å². The Kier molecular flexibility index (Phi) is 5.31. The van der Waals surface area contributed by atoms with Crippen molar-refractivity contribution in [2.45, 2.75) is 13.8 Å². The fourth-order valence-corrected chi connectivity index (χ4v) is 3.50. The summed E-state index contributed by atoms with van der Waals surface area (Å²) >= 11 is 0. The van der Waals surface area contributed by atoms with Crippen LogP contribution in [-0.2, 0) is 0 Å². The molecule has 1 aliphatic rings. The van der Waals surface area contributed by atoms with Crippen LogP contribution in [0.15, 0.2) is 48.8 Å². The van der Waals surface area contributed by atoms with Crippen LogP contribution in [-0.4, -0.2) is 58.6 Å². The highest BCUT2D eigenvalue weighted by Gasteiger charge is 2.19. The number of aromatic nitrogens is 3. The first kappa shape index (κ1) is 19.1. The summed E-state index contributed by atoms with van der Waals surface area (Å²) in [6.45, 7) is 7.65. The lowest BCUT2D eigenvalue weighted by atomic mass is 10.1. The quantitative estimate of drug-likeness (QED) is 0.742. The van der Waals surface area contributed by atoms with E-state index < -0.39 is 0 Å². The number of nitrogens with zero attached hydrogens (tertiary/aromatic N) is 5. The van der Waals surface area contributed by atoms with Gasteiger partial charge in [-0.3, -0.25) is 4.79 Å². The van der Waals surface area contributed by atoms with Crippen molar-refractivity contribution in [1.82, 2.24) is 19.4 Å². The van der Waals surface area contributed by atoms with E-state index in [1.807, 2.05) is 67.2 Å². The summed E-state index contributed by atoms with van der Waals surface area (Å²) in [5.41, 5.74) is 3.86. The fourth-order valence-electron chi connectivity index (χ4n) is 3.50. The molecule has 150 valence electrons. The van der Waals surface area contributed by atoms with Gasteiger partial charge in [0.2, 0.25) is 5.95 Å². The van der Waals surface area contributed by atoms with Crippen LogP contribution >= 0.6 is 0 Å². The molecule has 1 amide bonds. The Bertz CT molecular complexity index is 966. The number of carbonyl (C=O) groups excluding carboxylic acids is 1. The number of benzene rings is 1. The number of anilines is 2. The highest BCUT2D eigenvalue weighted by atomic mass is 16.1. The van der Waals surface area contributed by atoms with Gasteiger partial charge in [0.1, 0.15) is 0 Å². The molecule has 0 atom stereocenters. The molecular weight excluding hydrogens is 364 g/mol. The maximum Gasteiger partial charge on any atom is 0.255 e. The summed E-state index contributed by atoms with van der Waals surface area (Å²) in [6.07, 6.45) is 3.95. The molecule has 7 nitrogen and oxygen atoms in total. The molecule has 0 saturated carbocycles. The van der Waals surface area contributed by atoms with Crippen molar-refractivity contribution in [3.8, 4) is 5.69 Å². The zero-order valence-corrected chi connectivity index (χ0v) is 17.1. The average Bonchev–Trinajstić information content (AvgIpc) is 3.26. The van der Waals surface area contributed by atoms with E-state index in [0.29, 0.717) is 11.3 Å². The van der Waals surface area contributed by atoms with Crippen LogP contribution in [0.3, 0.4) is 0 Å². The third-order valence-corrected chi connectivity index (χ3v) is 5.32. The minimum absolute atomic E-state index is 0.161. The first-order valence-corrected chi connectivity index (χ1v) is 9.85. The van der Waals surface area contributed by atoms with E-state index in [4.69, 9.17) is 0 Å². The molecule has 4 rings (SSSR count). The number of likely N-dealkylation sites (N-methyl/N-ethyl adjacent to an activating group) is 1. The smallest absolute Gasteiger partial charge is 0.255 e. The molecule has 1 saturated heterocycles. The van der Waals surface area contributed by atoms with Gasteiger partial charge in [0.25, 0.3) is 5.91 Å². The Morgan fingerprint density at radius 1 is 0.931 bits per heavy atom. The van der Waals surface area contributed by atoms with Gasteiger partial charge >= 0.3 is 0 Å². The van der Waals surface area contributed by atoms with Gasteiger partial charge in [-0.15, -0.1) is 0 Å². The highest BCUT2D eigenvalue weighted by Crippen LogP contribution is 2.22. The van der Waals surface area contributed by atoms with Crippen molar-refractivity contribution < 1.29 is 4.79 Å².